The normalized spacial score (nSPS) is 10.4. The standard InChI is InChI=1S/C19H18N4O5S/c1-12(24)20-14-2-4-15(5-3-14)21-16(25)10-27-18(26)7-6-17-22-19(23-28-17)13-8-9-29-11-13/h2-5,8-9,11H,6-7,10H2,1H3,(H,20,24)(H,21,25). The number of carbonyl (C=O) groups excluding carboxylic acids is 3. The Kier molecular flexibility index (Phi) is 6.69. The number of aromatic nitrogens is 2. The smallest absolute Gasteiger partial charge is 0.306 e. The molecule has 29 heavy (non-hydrogen) atoms. The minimum Gasteiger partial charge on any atom is -0.456 e. The van der Waals surface area contributed by atoms with Gasteiger partial charge in [0.15, 0.2) is 6.61 Å². The van der Waals surface area contributed by atoms with Crippen LogP contribution in [0.25, 0.3) is 11.4 Å². The highest BCUT2D eigenvalue weighted by Crippen LogP contribution is 2.19. The molecule has 0 fully saturated rings. The summed E-state index contributed by atoms with van der Waals surface area (Å²) in [6.07, 6.45) is 0.242. The van der Waals surface area contributed by atoms with Crippen LogP contribution >= 0.6 is 11.3 Å². The number of rotatable bonds is 8. The number of esters is 1. The third kappa shape index (κ3) is 6.25. The summed E-state index contributed by atoms with van der Waals surface area (Å²) in [5.41, 5.74) is 1.99. The van der Waals surface area contributed by atoms with E-state index >= 15 is 0 Å². The summed E-state index contributed by atoms with van der Waals surface area (Å²) in [6.45, 7) is 1.00. The number of aryl methyl sites for hydroxylation is 1. The van der Waals surface area contributed by atoms with Crippen LogP contribution in [0.15, 0.2) is 45.6 Å². The number of benzene rings is 1. The lowest BCUT2D eigenvalue weighted by molar-refractivity contribution is -0.147. The molecule has 3 rings (SSSR count). The van der Waals surface area contributed by atoms with Gasteiger partial charge in [-0.15, -0.1) is 0 Å². The molecular formula is C19H18N4O5S. The third-order valence-electron chi connectivity index (χ3n) is 3.64. The number of hydrogen-bond donors (Lipinski definition) is 2. The summed E-state index contributed by atoms with van der Waals surface area (Å²) in [6, 6.07) is 8.44. The van der Waals surface area contributed by atoms with Gasteiger partial charge in [0.25, 0.3) is 5.91 Å². The van der Waals surface area contributed by atoms with Crippen LogP contribution in [-0.2, 0) is 25.5 Å². The van der Waals surface area contributed by atoms with Crippen LogP contribution in [-0.4, -0.2) is 34.5 Å². The summed E-state index contributed by atoms with van der Waals surface area (Å²) in [7, 11) is 0. The minimum atomic E-state index is -0.545. The molecule has 150 valence electrons. The highest BCUT2D eigenvalue weighted by atomic mass is 32.1. The number of anilines is 2. The predicted molar refractivity (Wildman–Crippen MR) is 106 cm³/mol. The molecule has 0 spiro atoms. The van der Waals surface area contributed by atoms with Gasteiger partial charge in [-0.2, -0.15) is 16.3 Å². The Morgan fingerprint density at radius 2 is 1.83 bits per heavy atom. The lowest BCUT2D eigenvalue weighted by Crippen LogP contribution is -2.21. The number of ether oxygens (including phenoxy) is 1. The maximum atomic E-state index is 11.9. The fourth-order valence-corrected chi connectivity index (χ4v) is 2.96. The zero-order valence-electron chi connectivity index (χ0n) is 15.5. The van der Waals surface area contributed by atoms with Gasteiger partial charge in [-0.1, -0.05) is 5.16 Å². The van der Waals surface area contributed by atoms with Crippen molar-refractivity contribution in [3.05, 3.63) is 47.0 Å². The summed E-state index contributed by atoms with van der Waals surface area (Å²) in [5.74, 6) is -0.401. The summed E-state index contributed by atoms with van der Waals surface area (Å²) in [5, 5.41) is 12.9. The maximum absolute atomic E-state index is 11.9. The van der Waals surface area contributed by atoms with Crippen molar-refractivity contribution in [3.63, 3.8) is 0 Å². The molecule has 0 aliphatic carbocycles. The lowest BCUT2D eigenvalue weighted by atomic mass is 10.2. The third-order valence-corrected chi connectivity index (χ3v) is 4.33. The van der Waals surface area contributed by atoms with Crippen LogP contribution in [0.5, 0.6) is 0 Å². The van der Waals surface area contributed by atoms with E-state index in [0.717, 1.165) is 5.56 Å². The molecule has 0 bridgehead atoms. The second-order valence-electron chi connectivity index (χ2n) is 5.99. The van der Waals surface area contributed by atoms with Crippen LogP contribution < -0.4 is 10.6 Å². The second-order valence-corrected chi connectivity index (χ2v) is 6.77. The molecule has 0 radical (unpaired) electrons. The number of amides is 2. The first-order valence-electron chi connectivity index (χ1n) is 8.68. The van der Waals surface area contributed by atoms with Crippen molar-refractivity contribution in [1.29, 1.82) is 0 Å². The van der Waals surface area contributed by atoms with E-state index in [0.29, 0.717) is 23.1 Å². The summed E-state index contributed by atoms with van der Waals surface area (Å²) < 4.78 is 10.1. The van der Waals surface area contributed by atoms with E-state index in [2.05, 4.69) is 20.8 Å². The van der Waals surface area contributed by atoms with E-state index < -0.39 is 18.5 Å². The molecule has 1 aromatic carbocycles. The van der Waals surface area contributed by atoms with Crippen LogP contribution in [0.1, 0.15) is 19.2 Å². The molecule has 0 aliphatic heterocycles. The Morgan fingerprint density at radius 3 is 2.48 bits per heavy atom. The SMILES string of the molecule is CC(=O)Nc1ccc(NC(=O)COC(=O)CCc2nc(-c3ccsc3)no2)cc1. The van der Waals surface area contributed by atoms with E-state index in [-0.39, 0.29) is 18.7 Å². The van der Waals surface area contributed by atoms with E-state index in [4.69, 9.17) is 9.26 Å². The molecule has 2 amide bonds. The molecular weight excluding hydrogens is 396 g/mol. The Bertz CT molecular complexity index is 982. The molecule has 0 aliphatic rings. The quantitative estimate of drug-likeness (QED) is 0.543. The zero-order valence-corrected chi connectivity index (χ0v) is 16.3. The fourth-order valence-electron chi connectivity index (χ4n) is 2.33. The monoisotopic (exact) mass is 414 g/mol. The predicted octanol–water partition coefficient (Wildman–Crippen LogP) is 2.87. The van der Waals surface area contributed by atoms with Crippen molar-refractivity contribution in [3.8, 4) is 11.4 Å². The number of carbonyl (C=O) groups is 3. The molecule has 0 atom stereocenters. The van der Waals surface area contributed by atoms with E-state index in [1.165, 1.54) is 18.3 Å². The first kappa shape index (κ1) is 20.2. The van der Waals surface area contributed by atoms with Crippen LogP contribution in [0.4, 0.5) is 11.4 Å². The van der Waals surface area contributed by atoms with Crippen molar-refractivity contribution in [2.24, 2.45) is 0 Å². The lowest BCUT2D eigenvalue weighted by Gasteiger charge is -2.07. The number of hydrogen-bond acceptors (Lipinski definition) is 8. The van der Waals surface area contributed by atoms with Gasteiger partial charge in [0.2, 0.25) is 17.6 Å². The van der Waals surface area contributed by atoms with Gasteiger partial charge in [-0.3, -0.25) is 14.4 Å². The van der Waals surface area contributed by atoms with E-state index in [9.17, 15) is 14.4 Å². The molecule has 0 unspecified atom stereocenters. The molecule has 2 aromatic heterocycles. The highest BCUT2D eigenvalue weighted by Gasteiger charge is 2.13. The highest BCUT2D eigenvalue weighted by molar-refractivity contribution is 7.08. The Hall–Kier alpha value is -3.53. The molecule has 0 saturated carbocycles. The molecule has 2 heterocycles. The average molecular weight is 414 g/mol. The van der Waals surface area contributed by atoms with Crippen molar-refractivity contribution < 1.29 is 23.6 Å². The Balaban J connectivity index is 1.39. The van der Waals surface area contributed by atoms with Crippen molar-refractivity contribution >= 4 is 40.5 Å². The van der Waals surface area contributed by atoms with Gasteiger partial charge in [-0.25, -0.2) is 0 Å². The first-order chi connectivity index (χ1) is 14.0. The molecule has 10 heteroatoms. The summed E-state index contributed by atoms with van der Waals surface area (Å²) >= 11 is 1.52. The molecule has 0 saturated heterocycles. The van der Waals surface area contributed by atoms with Crippen LogP contribution in [0, 0.1) is 0 Å². The van der Waals surface area contributed by atoms with Gasteiger partial charge in [0.05, 0.1) is 6.42 Å². The average Bonchev–Trinajstić information content (AvgIpc) is 3.37. The Morgan fingerprint density at radius 1 is 1.10 bits per heavy atom. The summed E-state index contributed by atoms with van der Waals surface area (Å²) in [4.78, 5) is 38.9. The van der Waals surface area contributed by atoms with Gasteiger partial charge >= 0.3 is 5.97 Å². The van der Waals surface area contributed by atoms with Crippen LogP contribution in [0.3, 0.4) is 0 Å². The van der Waals surface area contributed by atoms with Gasteiger partial charge in [0, 0.05) is 35.7 Å². The van der Waals surface area contributed by atoms with Crippen molar-refractivity contribution in [2.75, 3.05) is 17.2 Å². The van der Waals surface area contributed by atoms with Crippen molar-refractivity contribution in [2.45, 2.75) is 19.8 Å². The Labute approximate surface area is 170 Å². The van der Waals surface area contributed by atoms with Gasteiger partial charge in [-0.05, 0) is 35.7 Å². The largest absolute Gasteiger partial charge is 0.456 e. The maximum Gasteiger partial charge on any atom is 0.306 e. The second kappa shape index (κ2) is 9.60. The van der Waals surface area contributed by atoms with Crippen LogP contribution in [0.2, 0.25) is 0 Å². The minimum absolute atomic E-state index is 0.0178. The molecule has 9 nitrogen and oxygen atoms in total. The van der Waals surface area contributed by atoms with Crippen molar-refractivity contribution in [1.82, 2.24) is 10.1 Å². The first-order valence-corrected chi connectivity index (χ1v) is 9.62. The fraction of sp³-hybridized carbons (Fsp3) is 0.211. The van der Waals surface area contributed by atoms with E-state index in [1.54, 1.807) is 24.3 Å². The number of nitrogens with zero attached hydrogens (tertiary/aromatic N) is 2. The molecule has 3 aromatic rings. The van der Waals surface area contributed by atoms with E-state index in [1.807, 2.05) is 16.8 Å². The topological polar surface area (TPSA) is 123 Å². The zero-order chi connectivity index (χ0) is 20.6. The van der Waals surface area contributed by atoms with Gasteiger partial charge in [0.1, 0.15) is 0 Å². The molecule has 2 N–H and O–H groups in total. The number of thiophene rings is 1. The van der Waals surface area contributed by atoms with Gasteiger partial charge < -0.3 is 19.9 Å². The number of nitrogens with one attached hydrogen (secondary N) is 2.